The van der Waals surface area contributed by atoms with E-state index >= 15 is 0 Å². The molecule has 0 aliphatic carbocycles. The SMILES string of the molecule is O=C(Cn1nnc2ccccc21)c1nc2cc(Oc3ccccc3)ccc2o1. The highest BCUT2D eigenvalue weighted by Gasteiger charge is 2.17. The average Bonchev–Trinajstić information content (AvgIpc) is 3.33. The Morgan fingerprint density at radius 1 is 0.929 bits per heavy atom. The smallest absolute Gasteiger partial charge is 0.266 e. The van der Waals surface area contributed by atoms with Crippen molar-refractivity contribution < 1.29 is 13.9 Å². The Labute approximate surface area is 159 Å². The molecule has 0 aliphatic heterocycles. The van der Waals surface area contributed by atoms with Gasteiger partial charge in [-0.05, 0) is 36.4 Å². The number of hydrogen-bond acceptors (Lipinski definition) is 6. The maximum atomic E-state index is 12.6. The Morgan fingerprint density at radius 3 is 2.64 bits per heavy atom. The van der Waals surface area contributed by atoms with Gasteiger partial charge in [0.25, 0.3) is 5.89 Å². The third kappa shape index (κ3) is 2.99. The average molecular weight is 370 g/mol. The monoisotopic (exact) mass is 370 g/mol. The van der Waals surface area contributed by atoms with E-state index in [0.29, 0.717) is 16.8 Å². The molecule has 0 aliphatic rings. The van der Waals surface area contributed by atoms with Crippen LogP contribution in [0, 0.1) is 0 Å². The molecule has 0 saturated carbocycles. The van der Waals surface area contributed by atoms with E-state index in [1.807, 2.05) is 54.6 Å². The number of benzene rings is 3. The minimum absolute atomic E-state index is 0.000702. The first kappa shape index (κ1) is 16.2. The van der Waals surface area contributed by atoms with Gasteiger partial charge in [-0.15, -0.1) is 5.10 Å². The highest BCUT2D eigenvalue weighted by Crippen LogP contribution is 2.26. The third-order valence-electron chi connectivity index (χ3n) is 4.29. The molecule has 2 heterocycles. The molecule has 5 rings (SSSR count). The van der Waals surface area contributed by atoms with Gasteiger partial charge in [0.2, 0.25) is 5.78 Å². The minimum Gasteiger partial charge on any atom is -0.457 e. The summed E-state index contributed by atoms with van der Waals surface area (Å²) in [5.74, 6) is 1.09. The van der Waals surface area contributed by atoms with Crippen LogP contribution in [0.4, 0.5) is 0 Å². The summed E-state index contributed by atoms with van der Waals surface area (Å²) in [4.78, 5) is 16.9. The highest BCUT2D eigenvalue weighted by molar-refractivity contribution is 5.94. The Hall–Kier alpha value is -4.00. The first-order chi connectivity index (χ1) is 13.8. The second-order valence-electron chi connectivity index (χ2n) is 6.22. The summed E-state index contributed by atoms with van der Waals surface area (Å²) in [6.07, 6.45) is 0. The molecular weight excluding hydrogens is 356 g/mol. The maximum absolute atomic E-state index is 12.6. The van der Waals surface area contributed by atoms with Crippen LogP contribution in [0.2, 0.25) is 0 Å². The molecule has 2 aromatic heterocycles. The highest BCUT2D eigenvalue weighted by atomic mass is 16.5. The molecule has 0 amide bonds. The molecule has 136 valence electrons. The molecule has 0 fully saturated rings. The van der Waals surface area contributed by atoms with Crippen LogP contribution in [0.1, 0.15) is 10.7 Å². The van der Waals surface area contributed by atoms with Crippen molar-refractivity contribution in [3.8, 4) is 11.5 Å². The zero-order valence-corrected chi connectivity index (χ0v) is 14.6. The van der Waals surface area contributed by atoms with Crippen molar-refractivity contribution in [2.45, 2.75) is 6.54 Å². The summed E-state index contributed by atoms with van der Waals surface area (Å²) < 4.78 is 13.0. The molecule has 7 heteroatoms. The number of carbonyl (C=O) groups is 1. The van der Waals surface area contributed by atoms with Crippen molar-refractivity contribution in [1.82, 2.24) is 20.0 Å². The molecule has 0 bridgehead atoms. The molecular formula is C21H14N4O3. The van der Waals surface area contributed by atoms with E-state index in [0.717, 1.165) is 16.8 Å². The Morgan fingerprint density at radius 2 is 1.75 bits per heavy atom. The van der Waals surface area contributed by atoms with Crippen molar-refractivity contribution in [3.05, 3.63) is 78.7 Å². The first-order valence-electron chi connectivity index (χ1n) is 8.71. The molecule has 0 N–H and O–H groups in total. The lowest BCUT2D eigenvalue weighted by Crippen LogP contribution is -2.12. The van der Waals surface area contributed by atoms with Gasteiger partial charge in [0.05, 0.1) is 5.52 Å². The van der Waals surface area contributed by atoms with Crippen LogP contribution >= 0.6 is 0 Å². The number of ether oxygens (including phenoxy) is 1. The van der Waals surface area contributed by atoms with Gasteiger partial charge in [-0.3, -0.25) is 4.79 Å². The molecule has 0 unspecified atom stereocenters. The van der Waals surface area contributed by atoms with Crippen molar-refractivity contribution in [3.63, 3.8) is 0 Å². The Bertz CT molecular complexity index is 1290. The number of oxazole rings is 1. The van der Waals surface area contributed by atoms with Crippen LogP contribution in [0.3, 0.4) is 0 Å². The van der Waals surface area contributed by atoms with Crippen molar-refractivity contribution >= 4 is 27.9 Å². The fourth-order valence-electron chi connectivity index (χ4n) is 2.95. The molecule has 0 spiro atoms. The quantitative estimate of drug-likeness (QED) is 0.430. The number of carbonyl (C=O) groups excluding carboxylic acids is 1. The van der Waals surface area contributed by atoms with Crippen molar-refractivity contribution in [1.29, 1.82) is 0 Å². The molecule has 28 heavy (non-hydrogen) atoms. The van der Waals surface area contributed by atoms with Gasteiger partial charge in [-0.25, -0.2) is 9.67 Å². The summed E-state index contributed by atoms with van der Waals surface area (Å²) in [5, 5.41) is 8.08. The molecule has 0 saturated heterocycles. The first-order valence-corrected chi connectivity index (χ1v) is 8.71. The normalized spacial score (nSPS) is 11.1. The van der Waals surface area contributed by atoms with E-state index in [4.69, 9.17) is 9.15 Å². The minimum atomic E-state index is -0.280. The molecule has 0 radical (unpaired) electrons. The molecule has 0 atom stereocenters. The van der Waals surface area contributed by atoms with Crippen LogP contribution in [-0.4, -0.2) is 25.8 Å². The van der Waals surface area contributed by atoms with E-state index in [9.17, 15) is 4.79 Å². The van der Waals surface area contributed by atoms with Gasteiger partial charge in [0, 0.05) is 6.07 Å². The summed E-state index contributed by atoms with van der Waals surface area (Å²) >= 11 is 0. The van der Waals surface area contributed by atoms with Crippen LogP contribution < -0.4 is 4.74 Å². The van der Waals surface area contributed by atoms with E-state index in [-0.39, 0.29) is 18.2 Å². The van der Waals surface area contributed by atoms with Crippen molar-refractivity contribution in [2.75, 3.05) is 0 Å². The summed E-state index contributed by atoms with van der Waals surface area (Å²) in [5.41, 5.74) is 2.59. The van der Waals surface area contributed by atoms with E-state index < -0.39 is 0 Å². The number of ketones is 1. The number of para-hydroxylation sites is 2. The largest absolute Gasteiger partial charge is 0.457 e. The van der Waals surface area contributed by atoms with Gasteiger partial charge in [-0.2, -0.15) is 0 Å². The lowest BCUT2D eigenvalue weighted by molar-refractivity contribution is 0.0936. The van der Waals surface area contributed by atoms with Gasteiger partial charge in [0.1, 0.15) is 29.1 Å². The predicted octanol–water partition coefficient (Wildman–Crippen LogP) is 4.25. The van der Waals surface area contributed by atoms with Crippen LogP contribution in [0.5, 0.6) is 11.5 Å². The summed E-state index contributed by atoms with van der Waals surface area (Å²) in [6.45, 7) is 0.000702. The second-order valence-corrected chi connectivity index (χ2v) is 6.22. The summed E-state index contributed by atoms with van der Waals surface area (Å²) in [6, 6.07) is 22.2. The zero-order valence-electron chi connectivity index (χ0n) is 14.6. The number of hydrogen-bond donors (Lipinski definition) is 0. The van der Waals surface area contributed by atoms with Crippen LogP contribution in [-0.2, 0) is 6.54 Å². The standard InChI is InChI=1S/C21H14N4O3/c26-19(13-25-18-9-5-4-8-16(18)23-24-25)21-22-17-12-15(10-11-20(17)28-21)27-14-6-2-1-3-7-14/h1-12H,13H2. The van der Waals surface area contributed by atoms with Gasteiger partial charge >= 0.3 is 0 Å². The number of nitrogens with zero attached hydrogens (tertiary/aromatic N) is 4. The van der Waals surface area contributed by atoms with Crippen LogP contribution in [0.15, 0.2) is 77.2 Å². The Kier molecular flexibility index (Phi) is 3.83. The van der Waals surface area contributed by atoms with Crippen molar-refractivity contribution in [2.24, 2.45) is 0 Å². The zero-order chi connectivity index (χ0) is 18.9. The third-order valence-corrected chi connectivity index (χ3v) is 4.29. The van der Waals surface area contributed by atoms with E-state index in [1.165, 1.54) is 4.68 Å². The number of Topliss-reactive ketones (excluding diaryl/α,β-unsaturated/α-hetero) is 1. The molecule has 5 aromatic rings. The lowest BCUT2D eigenvalue weighted by Gasteiger charge is -2.04. The van der Waals surface area contributed by atoms with Gasteiger partial charge < -0.3 is 9.15 Å². The van der Waals surface area contributed by atoms with Gasteiger partial charge in [-0.1, -0.05) is 35.5 Å². The number of aromatic nitrogens is 4. The fourth-order valence-corrected chi connectivity index (χ4v) is 2.95. The molecule has 3 aromatic carbocycles. The lowest BCUT2D eigenvalue weighted by atomic mass is 10.3. The Balaban J connectivity index is 1.40. The second kappa shape index (κ2) is 6.62. The number of rotatable bonds is 5. The topological polar surface area (TPSA) is 83.0 Å². The summed E-state index contributed by atoms with van der Waals surface area (Å²) in [7, 11) is 0. The molecule has 7 nitrogen and oxygen atoms in total. The van der Waals surface area contributed by atoms with E-state index in [2.05, 4.69) is 15.3 Å². The van der Waals surface area contributed by atoms with E-state index in [1.54, 1.807) is 18.2 Å². The van der Waals surface area contributed by atoms with Gasteiger partial charge in [0.15, 0.2) is 5.58 Å². The van der Waals surface area contributed by atoms with Crippen LogP contribution in [0.25, 0.3) is 22.1 Å². The maximum Gasteiger partial charge on any atom is 0.266 e. The predicted molar refractivity (Wildman–Crippen MR) is 102 cm³/mol. The fraction of sp³-hybridized carbons (Fsp3) is 0.0476. The number of fused-ring (bicyclic) bond motifs is 2.